The summed E-state index contributed by atoms with van der Waals surface area (Å²) in [5, 5.41) is 3.62. The molecule has 2 fully saturated rings. The summed E-state index contributed by atoms with van der Waals surface area (Å²) < 4.78 is 5.09. The lowest BCUT2D eigenvalue weighted by Gasteiger charge is -2.36. The average Bonchev–Trinajstić information content (AvgIpc) is 2.94. The van der Waals surface area contributed by atoms with Crippen LogP contribution in [-0.4, -0.2) is 66.3 Å². The summed E-state index contributed by atoms with van der Waals surface area (Å²) >= 11 is 0. The highest BCUT2D eigenvalue weighted by atomic mass is 16.5. The number of aromatic amines is 1. The van der Waals surface area contributed by atoms with Gasteiger partial charge in [0.05, 0.1) is 29.6 Å². The fourth-order valence-electron chi connectivity index (χ4n) is 3.72. The van der Waals surface area contributed by atoms with Crippen LogP contribution >= 0.6 is 0 Å². The van der Waals surface area contributed by atoms with Crippen molar-refractivity contribution in [3.63, 3.8) is 0 Å². The van der Waals surface area contributed by atoms with Crippen LogP contribution in [0.25, 0.3) is 10.9 Å². The molecule has 0 spiro atoms. The van der Waals surface area contributed by atoms with E-state index in [0.717, 1.165) is 13.0 Å². The predicted molar refractivity (Wildman–Crippen MR) is 93.9 cm³/mol. The number of ether oxygens (including phenoxy) is 1. The largest absolute Gasteiger partial charge is 0.383 e. The molecule has 2 atom stereocenters. The number of hydrogen-bond acceptors (Lipinski definition) is 5. The predicted octanol–water partition coefficient (Wildman–Crippen LogP) is 0.542. The van der Waals surface area contributed by atoms with Gasteiger partial charge in [-0.1, -0.05) is 12.1 Å². The van der Waals surface area contributed by atoms with Crippen molar-refractivity contribution in [1.29, 1.82) is 0 Å². The zero-order valence-electron chi connectivity index (χ0n) is 14.1. The van der Waals surface area contributed by atoms with Crippen LogP contribution in [0.3, 0.4) is 0 Å². The molecule has 0 saturated carbocycles. The van der Waals surface area contributed by atoms with Crippen molar-refractivity contribution in [3.05, 3.63) is 34.6 Å². The van der Waals surface area contributed by atoms with Gasteiger partial charge in [-0.2, -0.15) is 0 Å². The van der Waals surface area contributed by atoms with Gasteiger partial charge in [0.25, 0.3) is 5.56 Å². The van der Waals surface area contributed by atoms with Gasteiger partial charge in [-0.05, 0) is 18.6 Å². The minimum atomic E-state index is -0.139. The SMILES string of the molecule is COCCN1C(=O)N[C@@H]2CN(c3nc4ccccc4c(=O)[nH]3)CC[C@@H]21. The third-order valence-corrected chi connectivity index (χ3v) is 4.98. The zero-order chi connectivity index (χ0) is 17.4. The van der Waals surface area contributed by atoms with E-state index in [-0.39, 0.29) is 23.7 Å². The third-order valence-electron chi connectivity index (χ3n) is 4.98. The van der Waals surface area contributed by atoms with Crippen LogP contribution in [0.1, 0.15) is 6.42 Å². The number of rotatable bonds is 4. The lowest BCUT2D eigenvalue weighted by Crippen LogP contribution is -2.52. The molecule has 2 saturated heterocycles. The molecule has 2 amide bonds. The standard InChI is InChI=1S/C17H21N5O3/c1-25-9-8-22-14-6-7-21(10-13(14)19-17(22)24)16-18-12-5-3-2-4-11(12)15(23)20-16/h2-5,13-14H,6-10H2,1H3,(H,19,24)(H,18,20,23)/t13-,14+/m1/s1. The number of carbonyl (C=O) groups excluding carboxylic acids is 1. The van der Waals surface area contributed by atoms with Gasteiger partial charge in [0.15, 0.2) is 0 Å². The van der Waals surface area contributed by atoms with E-state index >= 15 is 0 Å². The summed E-state index contributed by atoms with van der Waals surface area (Å²) in [4.78, 5) is 35.8. The highest BCUT2D eigenvalue weighted by Crippen LogP contribution is 2.25. The van der Waals surface area contributed by atoms with Crippen molar-refractivity contribution in [3.8, 4) is 0 Å². The number of urea groups is 1. The number of amides is 2. The number of nitrogens with zero attached hydrogens (tertiary/aromatic N) is 3. The molecule has 2 aliphatic heterocycles. The minimum Gasteiger partial charge on any atom is -0.383 e. The van der Waals surface area contributed by atoms with Gasteiger partial charge >= 0.3 is 6.03 Å². The molecular weight excluding hydrogens is 322 g/mol. The Bertz CT molecular complexity index is 852. The molecule has 2 aromatic rings. The van der Waals surface area contributed by atoms with Crippen LogP contribution in [0.4, 0.5) is 10.7 Å². The van der Waals surface area contributed by atoms with E-state index in [1.807, 2.05) is 28.0 Å². The third kappa shape index (κ3) is 2.82. The van der Waals surface area contributed by atoms with Crippen LogP contribution < -0.4 is 15.8 Å². The second-order valence-corrected chi connectivity index (χ2v) is 6.45. The number of methoxy groups -OCH3 is 1. The van der Waals surface area contributed by atoms with Gasteiger partial charge in [0.1, 0.15) is 0 Å². The van der Waals surface area contributed by atoms with Crippen LogP contribution in [0.15, 0.2) is 29.1 Å². The zero-order valence-corrected chi connectivity index (χ0v) is 14.1. The van der Waals surface area contributed by atoms with Crippen molar-refractivity contribution in [1.82, 2.24) is 20.2 Å². The first-order chi connectivity index (χ1) is 12.2. The highest BCUT2D eigenvalue weighted by molar-refractivity contribution is 5.79. The number of piperidine rings is 1. The Balaban J connectivity index is 1.55. The van der Waals surface area contributed by atoms with Gasteiger partial charge in [0, 0.05) is 26.7 Å². The van der Waals surface area contributed by atoms with Crippen molar-refractivity contribution in [2.75, 3.05) is 38.3 Å². The first-order valence-electron chi connectivity index (χ1n) is 8.47. The lowest BCUT2D eigenvalue weighted by molar-refractivity contribution is 0.140. The number of H-pyrrole nitrogens is 1. The van der Waals surface area contributed by atoms with Gasteiger partial charge in [-0.25, -0.2) is 9.78 Å². The summed E-state index contributed by atoms with van der Waals surface area (Å²) in [7, 11) is 1.63. The molecule has 8 heteroatoms. The molecule has 0 unspecified atom stereocenters. The Morgan fingerprint density at radius 2 is 2.16 bits per heavy atom. The summed E-state index contributed by atoms with van der Waals surface area (Å²) in [6.45, 7) is 2.48. The first kappa shape index (κ1) is 15.9. The summed E-state index contributed by atoms with van der Waals surface area (Å²) in [6, 6.07) is 7.44. The number of nitrogens with one attached hydrogen (secondary N) is 2. The van der Waals surface area contributed by atoms with Gasteiger partial charge < -0.3 is 19.9 Å². The Kier molecular flexibility index (Phi) is 4.04. The maximum absolute atomic E-state index is 12.3. The number of hydrogen-bond donors (Lipinski definition) is 2. The molecule has 3 heterocycles. The van der Waals surface area contributed by atoms with Gasteiger partial charge in [-0.3, -0.25) is 9.78 Å². The van der Waals surface area contributed by atoms with E-state index in [9.17, 15) is 9.59 Å². The Hall–Kier alpha value is -2.61. The van der Waals surface area contributed by atoms with E-state index in [2.05, 4.69) is 15.3 Å². The molecule has 8 nitrogen and oxygen atoms in total. The topological polar surface area (TPSA) is 90.6 Å². The normalized spacial score (nSPS) is 23.0. The molecule has 2 aliphatic rings. The number of benzene rings is 1. The van der Waals surface area contributed by atoms with Crippen LogP contribution in [0.2, 0.25) is 0 Å². The fourth-order valence-corrected chi connectivity index (χ4v) is 3.72. The summed E-state index contributed by atoms with van der Waals surface area (Å²) in [5.74, 6) is 0.562. The number of aromatic nitrogens is 2. The first-order valence-corrected chi connectivity index (χ1v) is 8.47. The number of fused-ring (bicyclic) bond motifs is 2. The van der Waals surface area contributed by atoms with E-state index < -0.39 is 0 Å². The van der Waals surface area contributed by atoms with Gasteiger partial charge in [-0.15, -0.1) is 0 Å². The van der Waals surface area contributed by atoms with Crippen molar-refractivity contribution in [2.24, 2.45) is 0 Å². The molecular formula is C17H21N5O3. The summed E-state index contributed by atoms with van der Waals surface area (Å²) in [6.07, 6.45) is 0.823. The number of para-hydroxylation sites is 1. The molecule has 0 aliphatic carbocycles. The molecule has 1 aromatic carbocycles. The maximum Gasteiger partial charge on any atom is 0.318 e. The van der Waals surface area contributed by atoms with Crippen molar-refractivity contribution < 1.29 is 9.53 Å². The Morgan fingerprint density at radius 1 is 1.32 bits per heavy atom. The van der Waals surface area contributed by atoms with Crippen LogP contribution in [0.5, 0.6) is 0 Å². The molecule has 0 radical (unpaired) electrons. The summed E-state index contributed by atoms with van der Waals surface area (Å²) in [5.41, 5.74) is 0.542. The molecule has 4 rings (SSSR count). The monoisotopic (exact) mass is 343 g/mol. The molecule has 25 heavy (non-hydrogen) atoms. The van der Waals surface area contributed by atoms with E-state index in [0.29, 0.717) is 36.5 Å². The highest BCUT2D eigenvalue weighted by Gasteiger charge is 2.42. The molecule has 132 valence electrons. The molecule has 2 N–H and O–H groups in total. The van der Waals surface area contributed by atoms with E-state index in [1.54, 1.807) is 13.2 Å². The average molecular weight is 343 g/mol. The second kappa shape index (κ2) is 6.36. The number of anilines is 1. The molecule has 1 aromatic heterocycles. The second-order valence-electron chi connectivity index (χ2n) is 6.45. The van der Waals surface area contributed by atoms with E-state index in [4.69, 9.17) is 4.74 Å². The maximum atomic E-state index is 12.3. The molecule has 0 bridgehead atoms. The van der Waals surface area contributed by atoms with Gasteiger partial charge in [0.2, 0.25) is 5.95 Å². The van der Waals surface area contributed by atoms with Crippen molar-refractivity contribution >= 4 is 22.9 Å². The lowest BCUT2D eigenvalue weighted by atomic mass is 10.0. The van der Waals surface area contributed by atoms with Crippen LogP contribution in [-0.2, 0) is 4.74 Å². The Morgan fingerprint density at radius 3 is 3.00 bits per heavy atom. The van der Waals surface area contributed by atoms with Crippen molar-refractivity contribution in [2.45, 2.75) is 18.5 Å². The quantitative estimate of drug-likeness (QED) is 0.846. The Labute approximate surface area is 144 Å². The fraction of sp³-hybridized carbons (Fsp3) is 0.471. The smallest absolute Gasteiger partial charge is 0.318 e. The number of carbonyl (C=O) groups is 1. The van der Waals surface area contributed by atoms with Crippen LogP contribution in [0, 0.1) is 0 Å². The van der Waals surface area contributed by atoms with E-state index in [1.165, 1.54) is 0 Å². The minimum absolute atomic E-state index is 0.0230.